The number of aldehydes is 1. The van der Waals surface area contributed by atoms with Crippen LogP contribution in [0, 0.1) is 0 Å². The lowest BCUT2D eigenvalue weighted by atomic mass is 10.0. The van der Waals surface area contributed by atoms with E-state index in [1.165, 1.54) is 12.0 Å². The summed E-state index contributed by atoms with van der Waals surface area (Å²) in [6.07, 6.45) is 5.60. The molecule has 1 fully saturated rings. The Morgan fingerprint density at radius 2 is 1.86 bits per heavy atom. The van der Waals surface area contributed by atoms with Gasteiger partial charge in [0.05, 0.1) is 7.11 Å². The summed E-state index contributed by atoms with van der Waals surface area (Å²) in [6.45, 7) is 0. The van der Waals surface area contributed by atoms with Gasteiger partial charge in [-0.25, -0.2) is 4.79 Å². The van der Waals surface area contributed by atoms with E-state index in [0.29, 0.717) is 30.7 Å². The van der Waals surface area contributed by atoms with Gasteiger partial charge in [0, 0.05) is 11.7 Å². The maximum atomic E-state index is 13.3. The monoisotopic (exact) mass is 386 g/mol. The van der Waals surface area contributed by atoms with E-state index in [-0.39, 0.29) is 18.7 Å². The number of hydrogen-bond donors (Lipinski definition) is 1. The number of carboxylic acid groups (broad SMARTS) is 1. The molecule has 0 unspecified atom stereocenters. The highest BCUT2D eigenvalue weighted by molar-refractivity contribution is 6.31. The van der Waals surface area contributed by atoms with Crippen LogP contribution in [0.5, 0.6) is 5.75 Å². The second-order valence-electron chi connectivity index (χ2n) is 6.81. The van der Waals surface area contributed by atoms with Crippen LogP contribution in [0.1, 0.15) is 25.7 Å². The lowest BCUT2D eigenvalue weighted by Crippen LogP contribution is -2.56. The Kier molecular flexibility index (Phi) is 5.77. The van der Waals surface area contributed by atoms with Gasteiger partial charge in [-0.1, -0.05) is 12.2 Å². The summed E-state index contributed by atoms with van der Waals surface area (Å²) in [5, 5.41) is 9.52. The second kappa shape index (κ2) is 8.24. The highest BCUT2D eigenvalue weighted by Gasteiger charge is 2.45. The number of rotatable bonds is 5. The van der Waals surface area contributed by atoms with Crippen molar-refractivity contribution in [2.45, 2.75) is 43.8 Å². The van der Waals surface area contributed by atoms with Crippen LogP contribution in [0.3, 0.4) is 0 Å². The van der Waals surface area contributed by atoms with Crippen molar-refractivity contribution in [3.05, 3.63) is 36.4 Å². The molecule has 0 aliphatic carbocycles. The molecule has 0 saturated carbocycles. The minimum atomic E-state index is -1.06. The summed E-state index contributed by atoms with van der Waals surface area (Å²) in [6, 6.07) is 4.29. The Morgan fingerprint density at radius 1 is 1.18 bits per heavy atom. The predicted molar refractivity (Wildman–Crippen MR) is 100.0 cm³/mol. The normalized spacial score (nSPS) is 25.2. The third-order valence-electron chi connectivity index (χ3n) is 5.26. The molecule has 148 valence electrons. The minimum Gasteiger partial charge on any atom is -0.497 e. The number of benzene rings is 1. The first kappa shape index (κ1) is 19.6. The van der Waals surface area contributed by atoms with Crippen molar-refractivity contribution in [2.24, 2.45) is 0 Å². The molecule has 1 N–H and O–H groups in total. The molecule has 8 heteroatoms. The predicted octanol–water partition coefficient (Wildman–Crippen LogP) is 1.39. The summed E-state index contributed by atoms with van der Waals surface area (Å²) < 4.78 is 5.11. The number of anilines is 1. The molecule has 2 aliphatic heterocycles. The van der Waals surface area contributed by atoms with E-state index >= 15 is 0 Å². The number of ether oxygens (including phenoxy) is 1. The van der Waals surface area contributed by atoms with Gasteiger partial charge >= 0.3 is 5.97 Å². The smallest absolute Gasteiger partial charge is 0.326 e. The molecule has 0 aromatic heterocycles. The largest absolute Gasteiger partial charge is 0.497 e. The van der Waals surface area contributed by atoms with Crippen LogP contribution in [0.25, 0.3) is 0 Å². The average molecular weight is 386 g/mol. The van der Waals surface area contributed by atoms with Gasteiger partial charge in [0.2, 0.25) is 12.2 Å². The number of carboxylic acids is 1. The summed E-state index contributed by atoms with van der Waals surface area (Å²) >= 11 is 0. The first-order valence-electron chi connectivity index (χ1n) is 9.10. The van der Waals surface area contributed by atoms with E-state index in [9.17, 15) is 24.3 Å². The highest BCUT2D eigenvalue weighted by atomic mass is 16.5. The molecule has 0 spiro atoms. The molecular formula is C20H22N2O6. The SMILES string of the molecule is COc1ccc(N(C(=O)C=O)[C@H]2C/C=C\C[C@@H]3CC[C@@H](C(=O)O)N3C2=O)cc1. The fraction of sp³-hybridized carbons (Fsp3) is 0.400. The molecule has 3 rings (SSSR count). The Balaban J connectivity index is 2.01. The van der Waals surface area contributed by atoms with Crippen molar-refractivity contribution in [3.63, 3.8) is 0 Å². The molecule has 28 heavy (non-hydrogen) atoms. The van der Waals surface area contributed by atoms with E-state index in [4.69, 9.17) is 4.74 Å². The fourth-order valence-corrected chi connectivity index (χ4v) is 3.92. The Labute approximate surface area is 162 Å². The lowest BCUT2D eigenvalue weighted by Gasteiger charge is -2.37. The van der Waals surface area contributed by atoms with Crippen molar-refractivity contribution < 1.29 is 29.0 Å². The van der Waals surface area contributed by atoms with Gasteiger partial charge in [-0.05, 0) is 49.9 Å². The van der Waals surface area contributed by atoms with E-state index in [0.717, 1.165) is 4.90 Å². The van der Waals surface area contributed by atoms with E-state index in [1.54, 1.807) is 24.3 Å². The summed E-state index contributed by atoms with van der Waals surface area (Å²) in [5.41, 5.74) is 0.368. The van der Waals surface area contributed by atoms with Gasteiger partial charge in [0.25, 0.3) is 5.91 Å². The number of amides is 2. The number of nitrogens with zero attached hydrogens (tertiary/aromatic N) is 2. The molecular weight excluding hydrogens is 364 g/mol. The quantitative estimate of drug-likeness (QED) is 0.466. The Bertz CT molecular complexity index is 803. The van der Waals surface area contributed by atoms with Gasteiger partial charge in [-0.2, -0.15) is 0 Å². The second-order valence-corrected chi connectivity index (χ2v) is 6.81. The van der Waals surface area contributed by atoms with Crippen LogP contribution < -0.4 is 9.64 Å². The van der Waals surface area contributed by atoms with Gasteiger partial charge in [0.1, 0.15) is 17.8 Å². The van der Waals surface area contributed by atoms with Gasteiger partial charge in [-0.15, -0.1) is 0 Å². The molecule has 0 radical (unpaired) electrons. The number of carbonyl (C=O) groups is 4. The van der Waals surface area contributed by atoms with Crippen LogP contribution in [0.2, 0.25) is 0 Å². The average Bonchev–Trinajstić information content (AvgIpc) is 3.12. The molecule has 2 amide bonds. The topological polar surface area (TPSA) is 104 Å². The third kappa shape index (κ3) is 3.62. The van der Waals surface area contributed by atoms with Crippen LogP contribution in [-0.4, -0.2) is 59.3 Å². The van der Waals surface area contributed by atoms with Gasteiger partial charge in [-0.3, -0.25) is 19.3 Å². The zero-order chi connectivity index (χ0) is 20.3. The van der Waals surface area contributed by atoms with Crippen molar-refractivity contribution in [1.29, 1.82) is 0 Å². The summed E-state index contributed by atoms with van der Waals surface area (Å²) in [4.78, 5) is 51.2. The maximum absolute atomic E-state index is 13.3. The van der Waals surface area contributed by atoms with Crippen LogP contribution >= 0.6 is 0 Å². The molecule has 8 nitrogen and oxygen atoms in total. The third-order valence-corrected chi connectivity index (χ3v) is 5.26. The molecule has 0 bridgehead atoms. The summed E-state index contributed by atoms with van der Waals surface area (Å²) in [5.74, 6) is -1.81. The lowest BCUT2D eigenvalue weighted by molar-refractivity contribution is -0.150. The van der Waals surface area contributed by atoms with Crippen molar-refractivity contribution >= 4 is 29.8 Å². The minimum absolute atomic E-state index is 0.163. The van der Waals surface area contributed by atoms with Gasteiger partial charge in [0.15, 0.2) is 0 Å². The number of hydrogen-bond acceptors (Lipinski definition) is 5. The molecule has 1 aromatic carbocycles. The Morgan fingerprint density at radius 3 is 2.46 bits per heavy atom. The van der Waals surface area contributed by atoms with Crippen molar-refractivity contribution in [2.75, 3.05) is 12.0 Å². The number of carbonyl (C=O) groups excluding carboxylic acids is 3. The maximum Gasteiger partial charge on any atom is 0.326 e. The standard InChI is InChI=1S/C20H22N2O6/c1-28-15-9-6-14(7-10-15)21(18(24)12-23)16-5-3-2-4-13-8-11-17(20(26)27)22(13)19(16)25/h2-3,6-7,9-10,12-13,16-17H,4-5,8,11H2,1H3,(H,26,27)/b3-2-/t13-,16+,17+/m1/s1. The van der Waals surface area contributed by atoms with E-state index in [2.05, 4.69) is 0 Å². The molecule has 2 heterocycles. The highest BCUT2D eigenvalue weighted by Crippen LogP contribution is 2.32. The van der Waals surface area contributed by atoms with E-state index in [1.807, 2.05) is 12.2 Å². The van der Waals surface area contributed by atoms with Crippen LogP contribution in [0.4, 0.5) is 5.69 Å². The molecule has 3 atom stereocenters. The number of methoxy groups -OCH3 is 1. The van der Waals surface area contributed by atoms with Crippen LogP contribution in [-0.2, 0) is 19.2 Å². The summed E-state index contributed by atoms with van der Waals surface area (Å²) in [7, 11) is 1.51. The molecule has 1 saturated heterocycles. The van der Waals surface area contributed by atoms with Gasteiger partial charge < -0.3 is 14.7 Å². The zero-order valence-electron chi connectivity index (χ0n) is 15.5. The number of aliphatic carboxylic acids is 1. The van der Waals surface area contributed by atoms with Crippen LogP contribution in [0.15, 0.2) is 36.4 Å². The zero-order valence-corrected chi connectivity index (χ0v) is 15.5. The van der Waals surface area contributed by atoms with Crippen molar-refractivity contribution in [1.82, 2.24) is 4.90 Å². The first-order valence-corrected chi connectivity index (χ1v) is 9.10. The fourth-order valence-electron chi connectivity index (χ4n) is 3.92. The van der Waals surface area contributed by atoms with Crippen molar-refractivity contribution in [3.8, 4) is 5.75 Å². The Hall–Kier alpha value is -3.16. The molecule has 1 aromatic rings. The van der Waals surface area contributed by atoms with E-state index < -0.39 is 29.9 Å². The first-order chi connectivity index (χ1) is 13.5. The number of fused-ring (bicyclic) bond motifs is 1. The molecule has 2 aliphatic rings.